The number of rotatable bonds is 1. The van der Waals surface area contributed by atoms with Crippen molar-refractivity contribution in [1.29, 1.82) is 0 Å². The van der Waals surface area contributed by atoms with Crippen LogP contribution < -0.4 is 4.74 Å². The summed E-state index contributed by atoms with van der Waals surface area (Å²) in [6.07, 6.45) is 2.84. The number of aliphatic hydroxyl groups excluding tert-OH is 1. The third kappa shape index (κ3) is 1.52. The summed E-state index contributed by atoms with van der Waals surface area (Å²) in [5.74, 6) is 1.51. The Morgan fingerprint density at radius 2 is 2.12 bits per heavy atom. The van der Waals surface area contributed by atoms with Gasteiger partial charge in [0.1, 0.15) is 11.4 Å². The maximum atomic E-state index is 10.2. The molecule has 0 amide bonds. The van der Waals surface area contributed by atoms with E-state index in [0.717, 1.165) is 17.7 Å². The van der Waals surface area contributed by atoms with Gasteiger partial charge in [-0.2, -0.15) is 0 Å². The fourth-order valence-electron chi connectivity index (χ4n) is 2.75. The summed E-state index contributed by atoms with van der Waals surface area (Å²) in [4.78, 5) is 0. The van der Waals surface area contributed by atoms with E-state index in [2.05, 4.69) is 6.92 Å². The smallest absolute Gasteiger partial charge is 0.125 e. The molecule has 0 spiro atoms. The second-order valence-electron chi connectivity index (χ2n) is 5.45. The second-order valence-corrected chi connectivity index (χ2v) is 5.45. The van der Waals surface area contributed by atoms with E-state index in [1.54, 1.807) is 0 Å². The zero-order valence-corrected chi connectivity index (χ0v) is 9.86. The van der Waals surface area contributed by atoms with E-state index in [1.807, 2.05) is 25.1 Å². The molecule has 1 heterocycles. The van der Waals surface area contributed by atoms with Crippen molar-refractivity contribution in [2.45, 2.75) is 44.8 Å². The predicted octanol–water partition coefficient (Wildman–Crippen LogP) is 2.98. The highest BCUT2D eigenvalue weighted by molar-refractivity contribution is 5.41. The molecule has 1 saturated carbocycles. The molecule has 1 fully saturated rings. The molecule has 1 aliphatic carbocycles. The summed E-state index contributed by atoms with van der Waals surface area (Å²) in [5, 5.41) is 10.2. The van der Waals surface area contributed by atoms with Crippen LogP contribution >= 0.6 is 0 Å². The third-order valence-corrected chi connectivity index (χ3v) is 3.91. The molecule has 16 heavy (non-hydrogen) atoms. The Kier molecular flexibility index (Phi) is 2.05. The maximum absolute atomic E-state index is 10.2. The van der Waals surface area contributed by atoms with Crippen molar-refractivity contribution in [2.75, 3.05) is 0 Å². The SMILES string of the molecule is Cc1ccc2c(c1)[C@@H](O)CC(C)(C1CC1)O2. The van der Waals surface area contributed by atoms with Crippen molar-refractivity contribution >= 4 is 0 Å². The van der Waals surface area contributed by atoms with E-state index in [4.69, 9.17) is 4.74 Å². The zero-order chi connectivity index (χ0) is 11.3. The number of aliphatic hydroxyl groups is 1. The lowest BCUT2D eigenvalue weighted by molar-refractivity contribution is -0.0166. The van der Waals surface area contributed by atoms with Crippen molar-refractivity contribution in [3.05, 3.63) is 29.3 Å². The monoisotopic (exact) mass is 218 g/mol. The van der Waals surface area contributed by atoms with Gasteiger partial charge in [-0.05, 0) is 44.7 Å². The molecule has 86 valence electrons. The lowest BCUT2D eigenvalue weighted by atomic mass is 9.86. The summed E-state index contributed by atoms with van der Waals surface area (Å²) in [7, 11) is 0. The highest BCUT2D eigenvalue weighted by Crippen LogP contribution is 2.50. The fourth-order valence-corrected chi connectivity index (χ4v) is 2.75. The first kappa shape index (κ1) is 10.2. The van der Waals surface area contributed by atoms with Crippen LogP contribution in [0.5, 0.6) is 5.75 Å². The molecule has 1 aromatic carbocycles. The van der Waals surface area contributed by atoms with Crippen LogP contribution in [0.1, 0.15) is 43.4 Å². The largest absolute Gasteiger partial charge is 0.487 e. The highest BCUT2D eigenvalue weighted by Gasteiger charge is 2.47. The summed E-state index contributed by atoms with van der Waals surface area (Å²) >= 11 is 0. The molecule has 2 atom stereocenters. The Bertz CT molecular complexity index is 423. The van der Waals surface area contributed by atoms with E-state index in [0.29, 0.717) is 5.92 Å². The number of benzene rings is 1. The lowest BCUT2D eigenvalue weighted by Crippen LogP contribution is -2.40. The van der Waals surface area contributed by atoms with Gasteiger partial charge in [-0.3, -0.25) is 0 Å². The Labute approximate surface area is 96.2 Å². The quantitative estimate of drug-likeness (QED) is 0.785. The number of aryl methyl sites for hydroxylation is 1. The predicted molar refractivity (Wildman–Crippen MR) is 62.5 cm³/mol. The van der Waals surface area contributed by atoms with E-state index in [9.17, 15) is 5.11 Å². The zero-order valence-electron chi connectivity index (χ0n) is 9.86. The standard InChI is InChI=1S/C14H18O2/c1-9-3-6-13-11(7-9)12(15)8-14(2,16-13)10-4-5-10/h3,6-7,10,12,15H,4-5,8H2,1-2H3/t12-,14?/m0/s1. The van der Waals surface area contributed by atoms with E-state index in [-0.39, 0.29) is 11.7 Å². The van der Waals surface area contributed by atoms with Gasteiger partial charge in [-0.15, -0.1) is 0 Å². The Hall–Kier alpha value is -1.02. The first-order chi connectivity index (χ1) is 7.58. The molecule has 3 rings (SSSR count). The molecule has 1 unspecified atom stereocenters. The van der Waals surface area contributed by atoms with Gasteiger partial charge in [0.05, 0.1) is 6.10 Å². The van der Waals surface area contributed by atoms with Crippen molar-refractivity contribution in [3.63, 3.8) is 0 Å². The summed E-state index contributed by atoms with van der Waals surface area (Å²) < 4.78 is 6.11. The van der Waals surface area contributed by atoms with Gasteiger partial charge >= 0.3 is 0 Å². The molecule has 2 aliphatic rings. The number of hydrogen-bond donors (Lipinski definition) is 1. The maximum Gasteiger partial charge on any atom is 0.125 e. The van der Waals surface area contributed by atoms with Gasteiger partial charge in [0.25, 0.3) is 0 Å². The Morgan fingerprint density at radius 1 is 1.38 bits per heavy atom. The van der Waals surface area contributed by atoms with Crippen LogP contribution in [0.3, 0.4) is 0 Å². The van der Waals surface area contributed by atoms with Crippen molar-refractivity contribution < 1.29 is 9.84 Å². The summed E-state index contributed by atoms with van der Waals surface area (Å²) in [5.41, 5.74) is 1.98. The first-order valence-electron chi connectivity index (χ1n) is 6.06. The second kappa shape index (κ2) is 3.24. The van der Waals surface area contributed by atoms with Gasteiger partial charge in [-0.1, -0.05) is 11.6 Å². The van der Waals surface area contributed by atoms with Gasteiger partial charge in [0.15, 0.2) is 0 Å². The van der Waals surface area contributed by atoms with Crippen LogP contribution in [0.15, 0.2) is 18.2 Å². The third-order valence-electron chi connectivity index (χ3n) is 3.91. The topological polar surface area (TPSA) is 29.5 Å². The molecule has 2 nitrogen and oxygen atoms in total. The normalized spacial score (nSPS) is 33.1. The average Bonchev–Trinajstić information content (AvgIpc) is 3.03. The molecule has 1 aliphatic heterocycles. The van der Waals surface area contributed by atoms with Crippen molar-refractivity contribution in [1.82, 2.24) is 0 Å². The molecule has 0 aromatic heterocycles. The molecule has 1 N–H and O–H groups in total. The summed E-state index contributed by atoms with van der Waals surface area (Å²) in [6, 6.07) is 6.07. The summed E-state index contributed by atoms with van der Waals surface area (Å²) in [6.45, 7) is 4.18. The molecule has 1 aromatic rings. The lowest BCUT2D eigenvalue weighted by Gasteiger charge is -2.38. The van der Waals surface area contributed by atoms with Crippen LogP contribution in [0.25, 0.3) is 0 Å². The minimum Gasteiger partial charge on any atom is -0.487 e. The van der Waals surface area contributed by atoms with E-state index < -0.39 is 0 Å². The molecule has 0 saturated heterocycles. The fraction of sp³-hybridized carbons (Fsp3) is 0.571. The van der Waals surface area contributed by atoms with Crippen LogP contribution in [0.4, 0.5) is 0 Å². The molecule has 0 radical (unpaired) electrons. The van der Waals surface area contributed by atoms with Crippen molar-refractivity contribution in [2.24, 2.45) is 5.92 Å². The number of hydrogen-bond acceptors (Lipinski definition) is 2. The average molecular weight is 218 g/mol. The van der Waals surface area contributed by atoms with Crippen molar-refractivity contribution in [3.8, 4) is 5.75 Å². The Morgan fingerprint density at radius 3 is 2.81 bits per heavy atom. The van der Waals surface area contributed by atoms with Gasteiger partial charge in [0, 0.05) is 12.0 Å². The van der Waals surface area contributed by atoms with E-state index >= 15 is 0 Å². The van der Waals surface area contributed by atoms with Crippen LogP contribution in [0, 0.1) is 12.8 Å². The molecular weight excluding hydrogens is 200 g/mol. The van der Waals surface area contributed by atoms with Crippen LogP contribution in [-0.2, 0) is 0 Å². The van der Waals surface area contributed by atoms with Gasteiger partial charge in [0.2, 0.25) is 0 Å². The first-order valence-corrected chi connectivity index (χ1v) is 6.06. The van der Waals surface area contributed by atoms with E-state index in [1.165, 1.54) is 18.4 Å². The van der Waals surface area contributed by atoms with Crippen LogP contribution in [0.2, 0.25) is 0 Å². The minimum absolute atomic E-state index is 0.151. The van der Waals surface area contributed by atoms with Crippen LogP contribution in [-0.4, -0.2) is 10.7 Å². The molecule has 0 bridgehead atoms. The Balaban J connectivity index is 1.99. The molecule has 2 heteroatoms. The van der Waals surface area contributed by atoms with Gasteiger partial charge in [-0.25, -0.2) is 0 Å². The number of ether oxygens (including phenoxy) is 1. The van der Waals surface area contributed by atoms with Gasteiger partial charge < -0.3 is 9.84 Å². The highest BCUT2D eigenvalue weighted by atomic mass is 16.5. The molecular formula is C14H18O2. The minimum atomic E-state index is -0.366. The number of fused-ring (bicyclic) bond motifs is 1.